The Bertz CT molecular complexity index is 1320. The van der Waals surface area contributed by atoms with Gasteiger partial charge in [0.05, 0.1) is 30.4 Å². The minimum Gasteiger partial charge on any atom is -0.391 e. The van der Waals surface area contributed by atoms with Crippen molar-refractivity contribution in [3.8, 4) is 11.1 Å². The van der Waals surface area contributed by atoms with Crippen molar-refractivity contribution in [2.75, 3.05) is 32.8 Å². The Morgan fingerprint density at radius 2 is 2.14 bits per heavy atom. The van der Waals surface area contributed by atoms with Crippen LogP contribution in [0, 0.1) is 0 Å². The van der Waals surface area contributed by atoms with Gasteiger partial charge in [-0.2, -0.15) is 0 Å². The molecule has 0 saturated carbocycles. The molecule has 2 saturated heterocycles. The molecule has 2 atom stereocenters. The average Bonchev–Trinajstić information content (AvgIpc) is 3.39. The van der Waals surface area contributed by atoms with Gasteiger partial charge in [0.15, 0.2) is 0 Å². The van der Waals surface area contributed by atoms with Crippen molar-refractivity contribution in [2.24, 2.45) is 0 Å². The Morgan fingerprint density at radius 3 is 2.89 bits per heavy atom. The van der Waals surface area contributed by atoms with Crippen LogP contribution in [0.15, 0.2) is 30.6 Å². The fourth-order valence-corrected chi connectivity index (χ4v) is 6.15. The standard InChI is InChI=1S/C27H32ClN5O3/c1-27(2)10-19(34)13-33(27)26(35)32-5-3-16-7-17(18-9-21-23(28)12-31-25(21)30-11-18)8-20(22(16)14-32)24-15-36-6-4-29-24/h7-9,11-12,19,24,29,34H,3-6,10,13-15H2,1-2H3,(H,30,31)/t19?,24-/m0/s1. The van der Waals surface area contributed by atoms with Crippen molar-refractivity contribution in [3.05, 3.63) is 52.3 Å². The Kier molecular flexibility index (Phi) is 5.95. The van der Waals surface area contributed by atoms with Crippen LogP contribution in [-0.2, 0) is 17.7 Å². The van der Waals surface area contributed by atoms with Crippen LogP contribution < -0.4 is 5.32 Å². The van der Waals surface area contributed by atoms with E-state index >= 15 is 0 Å². The molecular weight excluding hydrogens is 478 g/mol. The molecule has 8 nitrogen and oxygen atoms in total. The molecule has 9 heteroatoms. The highest BCUT2D eigenvalue weighted by molar-refractivity contribution is 6.35. The van der Waals surface area contributed by atoms with E-state index in [2.05, 4.69) is 33.5 Å². The number of nitrogens with one attached hydrogen (secondary N) is 2. The minimum absolute atomic E-state index is 0.00170. The largest absolute Gasteiger partial charge is 0.391 e. The van der Waals surface area contributed by atoms with E-state index in [0.29, 0.717) is 44.3 Å². The van der Waals surface area contributed by atoms with Crippen molar-refractivity contribution >= 4 is 28.7 Å². The molecule has 3 N–H and O–H groups in total. The summed E-state index contributed by atoms with van der Waals surface area (Å²) in [5.41, 5.74) is 6.12. The molecule has 3 aliphatic rings. The highest BCUT2D eigenvalue weighted by Gasteiger charge is 2.42. The number of aromatic nitrogens is 2. The quantitative estimate of drug-likeness (QED) is 0.487. The van der Waals surface area contributed by atoms with Crippen LogP contribution in [0.3, 0.4) is 0 Å². The van der Waals surface area contributed by atoms with E-state index in [1.54, 1.807) is 6.20 Å². The molecule has 0 radical (unpaired) electrons. The predicted molar refractivity (Wildman–Crippen MR) is 139 cm³/mol. The lowest BCUT2D eigenvalue weighted by atomic mass is 9.87. The summed E-state index contributed by atoms with van der Waals surface area (Å²) in [4.78, 5) is 25.0. The number of aliphatic hydroxyl groups is 1. The number of hydrogen-bond acceptors (Lipinski definition) is 5. The van der Waals surface area contributed by atoms with Gasteiger partial charge >= 0.3 is 6.03 Å². The summed E-state index contributed by atoms with van der Waals surface area (Å²) < 4.78 is 5.82. The highest BCUT2D eigenvalue weighted by atomic mass is 35.5. The summed E-state index contributed by atoms with van der Waals surface area (Å²) in [5, 5.41) is 15.4. The molecule has 1 aromatic carbocycles. The zero-order chi connectivity index (χ0) is 25.0. The second-order valence-corrected chi connectivity index (χ2v) is 11.2. The zero-order valence-electron chi connectivity index (χ0n) is 20.7. The number of carbonyl (C=O) groups excluding carboxylic acids is 1. The number of nitrogens with zero attached hydrogens (tertiary/aromatic N) is 3. The third-order valence-electron chi connectivity index (χ3n) is 7.85. The van der Waals surface area contributed by atoms with Gasteiger partial charge in [-0.15, -0.1) is 0 Å². The number of pyridine rings is 1. The number of carbonyl (C=O) groups is 1. The number of likely N-dealkylation sites (tertiary alicyclic amines) is 1. The fraction of sp³-hybridized carbons (Fsp3) is 0.481. The molecule has 0 bridgehead atoms. The van der Waals surface area contributed by atoms with E-state index in [-0.39, 0.29) is 17.6 Å². The summed E-state index contributed by atoms with van der Waals surface area (Å²) in [6, 6.07) is 6.59. The second-order valence-electron chi connectivity index (χ2n) is 10.8. The first kappa shape index (κ1) is 23.7. The van der Waals surface area contributed by atoms with Gasteiger partial charge < -0.3 is 29.9 Å². The smallest absolute Gasteiger partial charge is 0.320 e. The van der Waals surface area contributed by atoms with E-state index in [9.17, 15) is 9.90 Å². The number of fused-ring (bicyclic) bond motifs is 2. The van der Waals surface area contributed by atoms with E-state index < -0.39 is 6.10 Å². The van der Waals surface area contributed by atoms with Crippen LogP contribution in [0.4, 0.5) is 4.79 Å². The van der Waals surface area contributed by atoms with Crippen LogP contribution in [-0.4, -0.2) is 75.4 Å². The topological polar surface area (TPSA) is 93.7 Å². The molecule has 2 fully saturated rings. The molecule has 2 aromatic heterocycles. The lowest BCUT2D eigenvalue weighted by Crippen LogP contribution is -2.51. The molecule has 6 rings (SSSR count). The Balaban J connectivity index is 1.37. The molecule has 1 unspecified atom stereocenters. The first-order chi connectivity index (χ1) is 17.3. The molecule has 2 amide bonds. The summed E-state index contributed by atoms with van der Waals surface area (Å²) >= 11 is 6.37. The first-order valence-corrected chi connectivity index (χ1v) is 13.0. The molecule has 0 aliphatic carbocycles. The number of aliphatic hydroxyl groups excluding tert-OH is 1. The average molecular weight is 510 g/mol. The summed E-state index contributed by atoms with van der Waals surface area (Å²) in [5.74, 6) is 0. The number of rotatable bonds is 2. The Labute approximate surface area is 215 Å². The van der Waals surface area contributed by atoms with Gasteiger partial charge in [0.2, 0.25) is 0 Å². The lowest BCUT2D eigenvalue weighted by Gasteiger charge is -2.39. The van der Waals surface area contributed by atoms with E-state index in [1.807, 2.05) is 29.8 Å². The number of urea groups is 1. The van der Waals surface area contributed by atoms with Crippen LogP contribution in [0.5, 0.6) is 0 Å². The maximum absolute atomic E-state index is 13.6. The highest BCUT2D eigenvalue weighted by Crippen LogP contribution is 2.36. The maximum atomic E-state index is 13.6. The van der Waals surface area contributed by atoms with E-state index in [1.165, 1.54) is 16.7 Å². The zero-order valence-corrected chi connectivity index (χ0v) is 21.4. The third-order valence-corrected chi connectivity index (χ3v) is 8.16. The number of benzene rings is 1. The normalized spacial score (nSPS) is 23.8. The number of ether oxygens (including phenoxy) is 1. The van der Waals surface area contributed by atoms with Gasteiger partial charge in [-0.05, 0) is 61.1 Å². The number of amides is 2. The van der Waals surface area contributed by atoms with Crippen molar-refractivity contribution in [3.63, 3.8) is 0 Å². The van der Waals surface area contributed by atoms with E-state index in [0.717, 1.165) is 35.1 Å². The van der Waals surface area contributed by atoms with Crippen molar-refractivity contribution in [2.45, 2.75) is 50.9 Å². The number of aromatic amines is 1. The third kappa shape index (κ3) is 4.16. The molecule has 5 heterocycles. The molecule has 0 spiro atoms. The molecule has 3 aliphatic heterocycles. The van der Waals surface area contributed by atoms with Crippen LogP contribution in [0.2, 0.25) is 5.02 Å². The number of β-amino-alcohol motifs (C(OH)–C–C–N with tert-alkyl or cyclic N) is 1. The second kappa shape index (κ2) is 9.03. The fourth-order valence-electron chi connectivity index (χ4n) is 5.95. The Morgan fingerprint density at radius 1 is 1.28 bits per heavy atom. The Hall–Kier alpha value is -2.65. The summed E-state index contributed by atoms with van der Waals surface area (Å²) in [6.07, 6.45) is 4.54. The van der Waals surface area contributed by atoms with Crippen LogP contribution in [0.1, 0.15) is 43.0 Å². The minimum atomic E-state index is -0.470. The number of halogens is 1. The number of hydrogen-bond donors (Lipinski definition) is 3. The monoisotopic (exact) mass is 509 g/mol. The lowest BCUT2D eigenvalue weighted by molar-refractivity contribution is 0.0760. The van der Waals surface area contributed by atoms with Crippen LogP contribution >= 0.6 is 11.6 Å². The molecule has 3 aromatic rings. The molecular formula is C27H32ClN5O3. The first-order valence-electron chi connectivity index (χ1n) is 12.6. The van der Waals surface area contributed by atoms with Crippen molar-refractivity contribution in [1.82, 2.24) is 25.1 Å². The number of morpholine rings is 1. The van der Waals surface area contributed by atoms with Crippen molar-refractivity contribution in [1.29, 1.82) is 0 Å². The van der Waals surface area contributed by atoms with Crippen LogP contribution in [0.25, 0.3) is 22.2 Å². The van der Waals surface area contributed by atoms with Gasteiger partial charge in [0.1, 0.15) is 5.65 Å². The summed E-state index contributed by atoms with van der Waals surface area (Å²) in [7, 11) is 0. The maximum Gasteiger partial charge on any atom is 0.320 e. The van der Waals surface area contributed by atoms with Crippen molar-refractivity contribution < 1.29 is 14.6 Å². The van der Waals surface area contributed by atoms with Gasteiger partial charge in [-0.3, -0.25) is 0 Å². The molecule has 190 valence electrons. The van der Waals surface area contributed by atoms with E-state index in [4.69, 9.17) is 16.3 Å². The summed E-state index contributed by atoms with van der Waals surface area (Å²) in [6.45, 7) is 7.72. The molecule has 36 heavy (non-hydrogen) atoms. The number of H-pyrrole nitrogens is 1. The predicted octanol–water partition coefficient (Wildman–Crippen LogP) is 3.87. The SMILES string of the molecule is CC1(C)CC(O)CN1C(=O)N1CCc2cc(-c3cnc4[nH]cc(Cl)c4c3)cc([C@@H]3COCCN3)c2C1. The van der Waals surface area contributed by atoms with Gasteiger partial charge in [-0.25, -0.2) is 9.78 Å². The van der Waals surface area contributed by atoms with Gasteiger partial charge in [-0.1, -0.05) is 17.7 Å². The van der Waals surface area contributed by atoms with Gasteiger partial charge in [0, 0.05) is 55.1 Å². The van der Waals surface area contributed by atoms with Gasteiger partial charge in [0.25, 0.3) is 0 Å².